The van der Waals surface area contributed by atoms with E-state index in [1.807, 2.05) is 12.1 Å². The lowest BCUT2D eigenvalue weighted by Gasteiger charge is -2.43. The summed E-state index contributed by atoms with van der Waals surface area (Å²) in [7, 11) is 1.64. The van der Waals surface area contributed by atoms with Gasteiger partial charge in [-0.05, 0) is 17.7 Å². The topological polar surface area (TPSA) is 63.2 Å². The number of nitrogens with zero attached hydrogens (tertiary/aromatic N) is 1. The number of hydrogen-bond donors (Lipinski definition) is 2. The number of piperazine rings is 1. The molecule has 0 unspecified atom stereocenters. The smallest absolute Gasteiger partial charge is 0.231 e. The summed E-state index contributed by atoms with van der Waals surface area (Å²) in [5.41, 5.74) is 0.808. The van der Waals surface area contributed by atoms with Crippen LogP contribution in [0.15, 0.2) is 12.1 Å². The Balaban J connectivity index is 0.00000208. The highest BCUT2D eigenvalue weighted by atomic mass is 35.5. The van der Waals surface area contributed by atoms with Crippen molar-refractivity contribution >= 4 is 12.4 Å². The number of fused-ring (bicyclic) bond motifs is 1. The molecule has 0 aliphatic carbocycles. The number of ether oxygens (including phenoxy) is 3. The zero-order valence-electron chi connectivity index (χ0n) is 14.5. The Morgan fingerprint density at radius 3 is 2.62 bits per heavy atom. The predicted octanol–water partition coefficient (Wildman–Crippen LogP) is 1.81. The normalized spacial score (nSPS) is 18.8. The molecule has 1 aromatic carbocycles. The van der Waals surface area contributed by atoms with Gasteiger partial charge in [0.25, 0.3) is 0 Å². The zero-order chi connectivity index (χ0) is 16.4. The lowest BCUT2D eigenvalue weighted by Crippen LogP contribution is -2.49. The van der Waals surface area contributed by atoms with Gasteiger partial charge in [0.1, 0.15) is 0 Å². The van der Waals surface area contributed by atoms with E-state index in [1.54, 1.807) is 7.11 Å². The Morgan fingerprint density at radius 2 is 2.00 bits per heavy atom. The van der Waals surface area contributed by atoms with Crippen LogP contribution in [-0.2, 0) is 0 Å². The molecular weight excluding hydrogens is 332 g/mol. The van der Waals surface area contributed by atoms with E-state index in [9.17, 15) is 5.11 Å². The molecule has 7 heteroatoms. The second kappa shape index (κ2) is 7.78. The van der Waals surface area contributed by atoms with Crippen LogP contribution in [0.1, 0.15) is 25.5 Å². The monoisotopic (exact) mass is 358 g/mol. The van der Waals surface area contributed by atoms with Gasteiger partial charge in [-0.3, -0.25) is 4.90 Å². The van der Waals surface area contributed by atoms with E-state index >= 15 is 0 Å². The third-order valence-corrected chi connectivity index (χ3v) is 4.66. The van der Waals surface area contributed by atoms with Crippen LogP contribution in [-0.4, -0.2) is 56.7 Å². The van der Waals surface area contributed by atoms with Crippen molar-refractivity contribution in [1.29, 1.82) is 0 Å². The number of halogens is 1. The molecule has 0 saturated carbocycles. The van der Waals surface area contributed by atoms with Gasteiger partial charge in [0.15, 0.2) is 11.5 Å². The van der Waals surface area contributed by atoms with Crippen LogP contribution in [0.3, 0.4) is 0 Å². The van der Waals surface area contributed by atoms with Crippen LogP contribution >= 0.6 is 12.4 Å². The third-order valence-electron chi connectivity index (χ3n) is 4.66. The highest BCUT2D eigenvalue weighted by Gasteiger charge is 2.37. The maximum Gasteiger partial charge on any atom is 0.231 e. The lowest BCUT2D eigenvalue weighted by atomic mass is 9.79. The van der Waals surface area contributed by atoms with Gasteiger partial charge in [-0.25, -0.2) is 0 Å². The molecule has 0 spiro atoms. The minimum absolute atomic E-state index is 0. The van der Waals surface area contributed by atoms with Crippen LogP contribution in [0.2, 0.25) is 0 Å². The first-order chi connectivity index (χ1) is 11.1. The van der Waals surface area contributed by atoms with Gasteiger partial charge in [-0.1, -0.05) is 13.8 Å². The van der Waals surface area contributed by atoms with Gasteiger partial charge in [-0.15, -0.1) is 12.4 Å². The molecule has 0 radical (unpaired) electrons. The van der Waals surface area contributed by atoms with E-state index < -0.39 is 0 Å². The summed E-state index contributed by atoms with van der Waals surface area (Å²) >= 11 is 0. The highest BCUT2D eigenvalue weighted by Crippen LogP contribution is 2.47. The fourth-order valence-electron chi connectivity index (χ4n) is 3.49. The predicted molar refractivity (Wildman–Crippen MR) is 94.4 cm³/mol. The summed E-state index contributed by atoms with van der Waals surface area (Å²) in [5, 5.41) is 13.3. The molecule has 136 valence electrons. The first-order valence-corrected chi connectivity index (χ1v) is 8.10. The Morgan fingerprint density at radius 1 is 1.29 bits per heavy atom. The van der Waals surface area contributed by atoms with Crippen LogP contribution in [0.4, 0.5) is 0 Å². The quantitative estimate of drug-likeness (QED) is 0.837. The Labute approximate surface area is 149 Å². The molecule has 0 aromatic heterocycles. The third kappa shape index (κ3) is 3.57. The van der Waals surface area contributed by atoms with Crippen LogP contribution < -0.4 is 19.5 Å². The van der Waals surface area contributed by atoms with Crippen LogP contribution in [0.25, 0.3) is 0 Å². The lowest BCUT2D eigenvalue weighted by molar-refractivity contribution is 0.0303. The molecule has 1 atom stereocenters. The van der Waals surface area contributed by atoms with Gasteiger partial charge in [0.05, 0.1) is 7.11 Å². The van der Waals surface area contributed by atoms with Crippen molar-refractivity contribution in [2.75, 3.05) is 46.7 Å². The SMILES string of the molecule is COc1cc([C@H](N2CCNCC2)C(C)(C)CO)cc2c1OCO2.Cl. The van der Waals surface area contributed by atoms with Crippen molar-refractivity contribution in [3.8, 4) is 17.2 Å². The molecule has 2 N–H and O–H groups in total. The summed E-state index contributed by atoms with van der Waals surface area (Å²) < 4.78 is 16.5. The molecule has 1 fully saturated rings. The second-order valence-electron chi connectivity index (χ2n) is 6.79. The molecule has 6 nitrogen and oxygen atoms in total. The zero-order valence-corrected chi connectivity index (χ0v) is 15.3. The van der Waals surface area contributed by atoms with Crippen molar-refractivity contribution in [3.05, 3.63) is 17.7 Å². The van der Waals surface area contributed by atoms with Gasteiger partial charge in [0, 0.05) is 44.2 Å². The fourth-order valence-corrected chi connectivity index (χ4v) is 3.49. The standard InChI is InChI=1S/C17H26N2O4.ClH/c1-17(2,10-20)16(19-6-4-18-5-7-19)12-8-13(21-3)15-14(9-12)22-11-23-15;/h8-9,16,18,20H,4-7,10-11H2,1-3H3;1H/t16-;/m0./s1. The Kier molecular flexibility index (Phi) is 6.20. The maximum atomic E-state index is 9.95. The van der Waals surface area contributed by atoms with E-state index in [0.29, 0.717) is 17.2 Å². The fraction of sp³-hybridized carbons (Fsp3) is 0.647. The van der Waals surface area contributed by atoms with Crippen molar-refractivity contribution in [1.82, 2.24) is 10.2 Å². The molecular formula is C17H27ClN2O4. The molecule has 0 amide bonds. The van der Waals surface area contributed by atoms with Crippen molar-refractivity contribution in [2.24, 2.45) is 5.41 Å². The van der Waals surface area contributed by atoms with Crippen molar-refractivity contribution in [2.45, 2.75) is 19.9 Å². The molecule has 24 heavy (non-hydrogen) atoms. The average Bonchev–Trinajstić information content (AvgIpc) is 3.03. The summed E-state index contributed by atoms with van der Waals surface area (Å²) in [4.78, 5) is 2.42. The summed E-state index contributed by atoms with van der Waals surface area (Å²) in [6.07, 6.45) is 0. The van der Waals surface area contributed by atoms with Crippen molar-refractivity contribution in [3.63, 3.8) is 0 Å². The maximum absolute atomic E-state index is 9.95. The summed E-state index contributed by atoms with van der Waals surface area (Å²) in [6.45, 7) is 8.33. The number of methoxy groups -OCH3 is 1. The van der Waals surface area contributed by atoms with Gasteiger partial charge in [0.2, 0.25) is 12.5 Å². The second-order valence-corrected chi connectivity index (χ2v) is 6.79. The molecule has 0 bridgehead atoms. The van der Waals surface area contributed by atoms with Crippen molar-refractivity contribution < 1.29 is 19.3 Å². The number of rotatable bonds is 5. The Hall–Kier alpha value is -1.21. The molecule has 2 heterocycles. The first-order valence-electron chi connectivity index (χ1n) is 8.10. The molecule has 1 saturated heterocycles. The number of hydrogen-bond acceptors (Lipinski definition) is 6. The molecule has 3 rings (SSSR count). The highest BCUT2D eigenvalue weighted by molar-refractivity contribution is 5.85. The number of nitrogens with one attached hydrogen (secondary N) is 1. The average molecular weight is 359 g/mol. The number of aliphatic hydroxyl groups excluding tert-OH is 1. The largest absolute Gasteiger partial charge is 0.493 e. The van der Waals surface area contributed by atoms with Gasteiger partial charge < -0.3 is 24.6 Å². The summed E-state index contributed by atoms with van der Waals surface area (Å²) in [6, 6.07) is 4.12. The minimum atomic E-state index is -0.282. The van der Waals surface area contributed by atoms with Gasteiger partial charge in [-0.2, -0.15) is 0 Å². The van der Waals surface area contributed by atoms with E-state index in [-0.39, 0.29) is 37.3 Å². The molecule has 2 aliphatic rings. The van der Waals surface area contributed by atoms with E-state index in [0.717, 1.165) is 31.7 Å². The molecule has 1 aromatic rings. The molecule has 2 aliphatic heterocycles. The van der Waals surface area contributed by atoms with E-state index in [4.69, 9.17) is 14.2 Å². The van der Waals surface area contributed by atoms with E-state index in [2.05, 4.69) is 24.1 Å². The number of benzene rings is 1. The van der Waals surface area contributed by atoms with Crippen LogP contribution in [0.5, 0.6) is 17.2 Å². The van der Waals surface area contributed by atoms with Gasteiger partial charge >= 0.3 is 0 Å². The first kappa shape index (κ1) is 19.1. The van der Waals surface area contributed by atoms with Crippen LogP contribution in [0, 0.1) is 5.41 Å². The Bertz CT molecular complexity index is 562. The minimum Gasteiger partial charge on any atom is -0.493 e. The number of aliphatic hydroxyl groups is 1. The summed E-state index contributed by atoms with van der Waals surface area (Å²) in [5.74, 6) is 2.06. The van der Waals surface area contributed by atoms with E-state index in [1.165, 1.54) is 0 Å².